The number of nitrogens with one attached hydrogen (secondary N) is 3. The van der Waals surface area contributed by atoms with Crippen LogP contribution in [0.2, 0.25) is 0 Å². The van der Waals surface area contributed by atoms with Crippen LogP contribution in [0.3, 0.4) is 0 Å². The topological polar surface area (TPSA) is 204 Å². The van der Waals surface area contributed by atoms with E-state index in [1.54, 1.807) is 29.6 Å². The van der Waals surface area contributed by atoms with Crippen LogP contribution < -0.4 is 16.0 Å². The van der Waals surface area contributed by atoms with Crippen LogP contribution in [0.4, 0.5) is 0 Å². The fourth-order valence-corrected chi connectivity index (χ4v) is 6.03. The molecule has 0 spiro atoms. The summed E-state index contributed by atoms with van der Waals surface area (Å²) in [7, 11) is 0. The summed E-state index contributed by atoms with van der Waals surface area (Å²) >= 11 is 1.31. The normalized spacial score (nSPS) is 17.5. The highest BCUT2D eigenvalue weighted by Gasteiger charge is 2.34. The van der Waals surface area contributed by atoms with Crippen LogP contribution in [0.5, 0.6) is 0 Å². The fraction of sp³-hybridized carbons (Fsp3) is 0.294. The van der Waals surface area contributed by atoms with E-state index in [1.165, 1.54) is 30.1 Å². The summed E-state index contributed by atoms with van der Waals surface area (Å²) in [5, 5.41) is 10.8. The Hall–Kier alpha value is -5.90. The quantitative estimate of drug-likeness (QED) is 0.214. The monoisotopic (exact) mass is 696 g/mol. The number of carbonyl (C=O) groups excluding carboxylic acids is 3. The van der Waals surface area contributed by atoms with E-state index in [1.807, 2.05) is 33.8 Å². The van der Waals surface area contributed by atoms with E-state index in [-0.39, 0.29) is 59.1 Å². The lowest BCUT2D eigenvalue weighted by molar-refractivity contribution is -0.131. The second-order valence-corrected chi connectivity index (χ2v) is 12.9. The average molecular weight is 697 g/mol. The third-order valence-corrected chi connectivity index (χ3v) is 9.13. The highest BCUT2D eigenvalue weighted by atomic mass is 32.1. The maximum atomic E-state index is 14.0. The number of oxazole rings is 4. The van der Waals surface area contributed by atoms with Crippen LogP contribution in [0, 0.1) is 11.8 Å². The van der Waals surface area contributed by atoms with E-state index in [9.17, 15) is 14.4 Å². The van der Waals surface area contributed by atoms with Crippen molar-refractivity contribution in [3.63, 3.8) is 0 Å². The number of carbonyl (C=O) groups is 3. The SMILES string of the molecule is CC[C@H](C)[C@H]1NC(=O)c2nc(oc2-c2ccccc2)-c2coc(n2)-c2csc(n2)-c2coc(n2)-c2coc(n2)CNC(=O)[C@@H](C(C)C)NC1=O. The van der Waals surface area contributed by atoms with Crippen molar-refractivity contribution >= 4 is 29.1 Å². The van der Waals surface area contributed by atoms with Gasteiger partial charge in [0, 0.05) is 10.9 Å². The first-order chi connectivity index (χ1) is 24.2. The summed E-state index contributed by atoms with van der Waals surface area (Å²) in [6, 6.07) is 7.07. The number of thiazole rings is 1. The molecule has 0 aliphatic carbocycles. The molecule has 5 aromatic heterocycles. The van der Waals surface area contributed by atoms with Gasteiger partial charge in [-0.3, -0.25) is 14.4 Å². The molecule has 3 N–H and O–H groups in total. The maximum absolute atomic E-state index is 14.0. The average Bonchev–Trinajstić information content (AvgIpc) is 3.96. The summed E-state index contributed by atoms with van der Waals surface area (Å²) in [5.74, 6) is -1.39. The molecule has 0 unspecified atom stereocenters. The van der Waals surface area contributed by atoms with Crippen molar-refractivity contribution in [3.8, 4) is 56.8 Å². The Bertz CT molecular complexity index is 2160. The first kappa shape index (κ1) is 32.6. The largest absolute Gasteiger partial charge is 0.446 e. The van der Waals surface area contributed by atoms with Gasteiger partial charge in [0.2, 0.25) is 35.4 Å². The molecule has 3 amide bonds. The Kier molecular flexibility index (Phi) is 8.84. The van der Waals surface area contributed by atoms with Gasteiger partial charge in [0.15, 0.2) is 22.8 Å². The van der Waals surface area contributed by atoms with Crippen LogP contribution in [0.1, 0.15) is 50.5 Å². The second kappa shape index (κ2) is 13.5. The number of hydrogen-bond acceptors (Lipinski definition) is 13. The number of fused-ring (bicyclic) bond motifs is 14. The van der Waals surface area contributed by atoms with Gasteiger partial charge in [-0.25, -0.2) is 24.9 Å². The van der Waals surface area contributed by atoms with Gasteiger partial charge in [0.1, 0.15) is 47.3 Å². The molecule has 15 nitrogen and oxygen atoms in total. The molecular formula is C34H32N8O7S. The molecule has 1 aromatic carbocycles. The summed E-state index contributed by atoms with van der Waals surface area (Å²) in [4.78, 5) is 63.8. The number of nitrogens with zero attached hydrogens (tertiary/aromatic N) is 5. The molecule has 0 saturated carbocycles. The Morgan fingerprint density at radius 2 is 1.48 bits per heavy atom. The molecule has 256 valence electrons. The summed E-state index contributed by atoms with van der Waals surface area (Å²) in [5.41, 5.74) is 1.99. The number of hydrogen-bond donors (Lipinski definition) is 3. The van der Waals surface area contributed by atoms with Crippen molar-refractivity contribution in [2.45, 2.75) is 52.7 Å². The van der Waals surface area contributed by atoms with Crippen molar-refractivity contribution in [1.82, 2.24) is 40.9 Å². The second-order valence-electron chi connectivity index (χ2n) is 12.1. The predicted octanol–water partition coefficient (Wildman–Crippen LogP) is 5.35. The highest BCUT2D eigenvalue weighted by Crippen LogP contribution is 2.33. The molecule has 1 aliphatic heterocycles. The van der Waals surface area contributed by atoms with Crippen LogP contribution in [0.15, 0.2) is 72.2 Å². The van der Waals surface area contributed by atoms with E-state index < -0.39 is 29.8 Å². The van der Waals surface area contributed by atoms with Crippen molar-refractivity contribution in [2.75, 3.05) is 0 Å². The van der Waals surface area contributed by atoms with Crippen LogP contribution in [-0.4, -0.2) is 54.7 Å². The first-order valence-electron chi connectivity index (χ1n) is 16.0. The molecule has 1 aliphatic rings. The number of aromatic nitrogens is 5. The molecule has 16 heteroatoms. The molecule has 3 atom stereocenters. The zero-order valence-electron chi connectivity index (χ0n) is 27.4. The molecule has 0 saturated heterocycles. The van der Waals surface area contributed by atoms with Crippen molar-refractivity contribution in [3.05, 3.63) is 66.1 Å². The van der Waals surface area contributed by atoms with Crippen molar-refractivity contribution < 1.29 is 32.1 Å². The highest BCUT2D eigenvalue weighted by molar-refractivity contribution is 7.13. The van der Waals surface area contributed by atoms with E-state index in [2.05, 4.69) is 40.9 Å². The Morgan fingerprint density at radius 3 is 2.24 bits per heavy atom. The number of benzene rings is 1. The zero-order chi connectivity index (χ0) is 34.9. The van der Waals surface area contributed by atoms with Crippen LogP contribution in [0.25, 0.3) is 56.8 Å². The van der Waals surface area contributed by atoms with Gasteiger partial charge in [-0.05, 0) is 11.8 Å². The fourth-order valence-electron chi connectivity index (χ4n) is 5.29. The summed E-state index contributed by atoms with van der Waals surface area (Å²) in [6.45, 7) is 7.31. The lowest BCUT2D eigenvalue weighted by Gasteiger charge is -2.27. The standard InChI is InChI=1S/C34H32N8O7S/c1-5-17(4)25-29(44)40-24(16(2)3)28(43)35-11-23-36-19(12-46-23)31-38-21(14-48-31)34-39-22(15-50-34)32-37-20(13-47-32)33-42-26(30(45)41-25)27(49-33)18-9-7-6-8-10-18/h6-10,12-17,24-25H,5,11H2,1-4H3,(H,35,43)(H,40,44)(H,41,45)/t17-,24+,25+/m0/s1. The minimum atomic E-state index is -1.01. The van der Waals surface area contributed by atoms with Crippen molar-refractivity contribution in [1.29, 1.82) is 0 Å². The van der Waals surface area contributed by atoms with Gasteiger partial charge in [-0.1, -0.05) is 64.4 Å². The van der Waals surface area contributed by atoms with Gasteiger partial charge >= 0.3 is 0 Å². The van der Waals surface area contributed by atoms with Gasteiger partial charge in [0.05, 0.1) is 6.54 Å². The van der Waals surface area contributed by atoms with Gasteiger partial charge < -0.3 is 33.6 Å². The molecule has 50 heavy (non-hydrogen) atoms. The molecular weight excluding hydrogens is 664 g/mol. The molecule has 7 rings (SSSR count). The summed E-state index contributed by atoms with van der Waals surface area (Å²) in [6.07, 6.45) is 4.74. The third-order valence-electron chi connectivity index (χ3n) is 8.26. The summed E-state index contributed by atoms with van der Waals surface area (Å²) < 4.78 is 23.1. The van der Waals surface area contributed by atoms with E-state index >= 15 is 0 Å². The van der Waals surface area contributed by atoms with E-state index in [0.717, 1.165) is 0 Å². The van der Waals surface area contributed by atoms with Crippen LogP contribution in [-0.2, 0) is 16.1 Å². The lowest BCUT2D eigenvalue weighted by atomic mass is 9.96. The number of amides is 3. The Balaban J connectivity index is 1.30. The smallest absolute Gasteiger partial charge is 0.274 e. The molecule has 0 fully saturated rings. The minimum Gasteiger partial charge on any atom is -0.446 e. The Morgan fingerprint density at radius 1 is 0.780 bits per heavy atom. The van der Waals surface area contributed by atoms with E-state index in [0.29, 0.717) is 34.1 Å². The zero-order valence-corrected chi connectivity index (χ0v) is 28.2. The van der Waals surface area contributed by atoms with Gasteiger partial charge in [0.25, 0.3) is 5.91 Å². The minimum absolute atomic E-state index is 0.0307. The van der Waals surface area contributed by atoms with Crippen LogP contribution >= 0.6 is 11.3 Å². The molecule has 10 bridgehead atoms. The van der Waals surface area contributed by atoms with Gasteiger partial charge in [-0.2, -0.15) is 0 Å². The predicted molar refractivity (Wildman–Crippen MR) is 179 cm³/mol. The molecule has 0 radical (unpaired) electrons. The van der Waals surface area contributed by atoms with E-state index in [4.69, 9.17) is 17.7 Å². The third kappa shape index (κ3) is 6.44. The number of rotatable bonds is 4. The van der Waals surface area contributed by atoms with Crippen molar-refractivity contribution in [2.24, 2.45) is 11.8 Å². The maximum Gasteiger partial charge on any atom is 0.274 e. The van der Waals surface area contributed by atoms with Gasteiger partial charge in [-0.15, -0.1) is 11.3 Å². The molecule has 6 heterocycles. The molecule has 6 aromatic rings. The first-order valence-corrected chi connectivity index (χ1v) is 16.8. The Labute approximate surface area is 289 Å². The lowest BCUT2D eigenvalue weighted by Crippen LogP contribution is -2.57.